The van der Waals surface area contributed by atoms with Gasteiger partial charge in [0.1, 0.15) is 5.82 Å². The predicted octanol–water partition coefficient (Wildman–Crippen LogP) is 0.880. The molecule has 84 valence electrons. The quantitative estimate of drug-likeness (QED) is 0.764. The maximum Gasteiger partial charge on any atom is 0.401 e. The second-order valence-corrected chi connectivity index (χ2v) is 3.69. The molecule has 1 aliphatic rings. The Bertz CT molecular complexity index is 355. The van der Waals surface area contributed by atoms with E-state index in [0.29, 0.717) is 5.82 Å². The van der Waals surface area contributed by atoms with Crippen LogP contribution in [0.1, 0.15) is 11.3 Å². The van der Waals surface area contributed by atoms with Crippen LogP contribution in [0.5, 0.6) is 0 Å². The number of hydrogen-bond acceptors (Lipinski definition) is 3. The van der Waals surface area contributed by atoms with Crippen molar-refractivity contribution in [1.82, 2.24) is 14.7 Å². The van der Waals surface area contributed by atoms with E-state index in [1.54, 1.807) is 11.7 Å². The summed E-state index contributed by atoms with van der Waals surface area (Å²) in [5.41, 5.74) is 7.08. The summed E-state index contributed by atoms with van der Waals surface area (Å²) in [6.07, 6.45) is -4.16. The van der Waals surface area contributed by atoms with Crippen molar-refractivity contribution < 1.29 is 13.2 Å². The maximum atomic E-state index is 12.1. The fraction of sp³-hybridized carbons (Fsp3) is 0.625. The van der Waals surface area contributed by atoms with E-state index in [0.717, 1.165) is 11.3 Å². The Morgan fingerprint density at radius 3 is 2.60 bits per heavy atom. The molecule has 4 nitrogen and oxygen atoms in total. The number of hydrogen-bond donors (Lipinski definition) is 1. The standard InChI is InChI=1S/C8H11F3N4/c1-14-6-3-15(4-8(9,10)11)2-5(6)7(12)13-14/h2-4H2,1H3,(H2,12,13). The zero-order chi connectivity index (χ0) is 11.2. The molecule has 1 aromatic rings. The molecule has 0 bridgehead atoms. The average Bonchev–Trinajstić information content (AvgIpc) is 2.53. The van der Waals surface area contributed by atoms with Crippen molar-refractivity contribution in [3.05, 3.63) is 11.3 Å². The summed E-state index contributed by atoms with van der Waals surface area (Å²) in [5.74, 6) is 0.331. The number of nitrogens with zero attached hydrogens (tertiary/aromatic N) is 3. The molecule has 2 N–H and O–H groups in total. The third-order valence-corrected chi connectivity index (χ3v) is 2.46. The van der Waals surface area contributed by atoms with Gasteiger partial charge < -0.3 is 5.73 Å². The van der Waals surface area contributed by atoms with Crippen LogP contribution < -0.4 is 5.73 Å². The van der Waals surface area contributed by atoms with Crippen molar-refractivity contribution >= 4 is 5.82 Å². The molecule has 0 fully saturated rings. The van der Waals surface area contributed by atoms with Crippen LogP contribution >= 0.6 is 0 Å². The Morgan fingerprint density at radius 2 is 2.07 bits per heavy atom. The van der Waals surface area contributed by atoms with Crippen molar-refractivity contribution in [3.8, 4) is 0 Å². The van der Waals surface area contributed by atoms with Crippen LogP contribution in [-0.2, 0) is 20.1 Å². The largest absolute Gasteiger partial charge is 0.401 e. The first-order valence-corrected chi connectivity index (χ1v) is 4.46. The van der Waals surface area contributed by atoms with Crippen LogP contribution in [0, 0.1) is 0 Å². The molecule has 0 amide bonds. The first-order valence-electron chi connectivity index (χ1n) is 4.46. The number of rotatable bonds is 1. The molecule has 0 aromatic carbocycles. The number of fused-ring (bicyclic) bond motifs is 1. The van der Waals surface area contributed by atoms with Gasteiger partial charge in [0.2, 0.25) is 0 Å². The Morgan fingerprint density at radius 1 is 1.40 bits per heavy atom. The van der Waals surface area contributed by atoms with Gasteiger partial charge in [0.05, 0.1) is 12.2 Å². The lowest BCUT2D eigenvalue weighted by Gasteiger charge is -2.17. The van der Waals surface area contributed by atoms with E-state index >= 15 is 0 Å². The fourth-order valence-corrected chi connectivity index (χ4v) is 1.85. The van der Waals surface area contributed by atoms with Gasteiger partial charge in [-0.05, 0) is 0 Å². The van der Waals surface area contributed by atoms with Crippen LogP contribution in [0.4, 0.5) is 19.0 Å². The summed E-state index contributed by atoms with van der Waals surface area (Å²) < 4.78 is 38.0. The minimum absolute atomic E-state index is 0.231. The van der Waals surface area contributed by atoms with Crippen molar-refractivity contribution in [1.29, 1.82) is 0 Å². The molecule has 0 radical (unpaired) electrons. The number of halogens is 3. The highest BCUT2D eigenvalue weighted by molar-refractivity contribution is 5.44. The molecule has 7 heteroatoms. The van der Waals surface area contributed by atoms with Gasteiger partial charge in [0.15, 0.2) is 0 Å². The van der Waals surface area contributed by atoms with Gasteiger partial charge in [0, 0.05) is 25.7 Å². The van der Waals surface area contributed by atoms with E-state index < -0.39 is 12.7 Å². The first kappa shape index (κ1) is 10.3. The molecule has 2 heterocycles. The lowest BCUT2D eigenvalue weighted by Crippen LogP contribution is -2.30. The molecule has 0 atom stereocenters. The molecule has 1 aliphatic heterocycles. The maximum absolute atomic E-state index is 12.1. The van der Waals surface area contributed by atoms with Crippen LogP contribution in [0.3, 0.4) is 0 Å². The summed E-state index contributed by atoms with van der Waals surface area (Å²) in [4.78, 5) is 1.31. The van der Waals surface area contributed by atoms with Crippen molar-refractivity contribution in [3.63, 3.8) is 0 Å². The number of nitrogens with two attached hydrogens (primary N) is 1. The molecule has 0 aliphatic carbocycles. The monoisotopic (exact) mass is 220 g/mol. The molecule has 1 aromatic heterocycles. The second kappa shape index (κ2) is 3.13. The smallest absolute Gasteiger partial charge is 0.382 e. The van der Waals surface area contributed by atoms with Crippen LogP contribution in [-0.4, -0.2) is 27.4 Å². The van der Waals surface area contributed by atoms with Gasteiger partial charge in [-0.1, -0.05) is 0 Å². The van der Waals surface area contributed by atoms with Crippen molar-refractivity contribution in [2.75, 3.05) is 12.3 Å². The SMILES string of the molecule is Cn1nc(N)c2c1CN(CC(F)(F)F)C2. The molecule has 0 saturated carbocycles. The molecule has 0 saturated heterocycles. The first-order chi connectivity index (χ1) is 6.87. The van der Waals surface area contributed by atoms with E-state index in [2.05, 4.69) is 5.10 Å². The Kier molecular flexibility index (Phi) is 2.14. The molecular formula is C8H11F3N4. The van der Waals surface area contributed by atoms with Crippen LogP contribution in [0.25, 0.3) is 0 Å². The summed E-state index contributed by atoms with van der Waals surface area (Å²) >= 11 is 0. The summed E-state index contributed by atoms with van der Waals surface area (Å²) in [6, 6.07) is 0. The predicted molar refractivity (Wildman–Crippen MR) is 47.8 cm³/mol. The molecular weight excluding hydrogens is 209 g/mol. The number of aromatic nitrogens is 2. The lowest BCUT2D eigenvalue weighted by molar-refractivity contribution is -0.147. The number of anilines is 1. The van der Waals surface area contributed by atoms with Gasteiger partial charge >= 0.3 is 6.18 Å². The number of aryl methyl sites for hydroxylation is 1. The third-order valence-electron chi connectivity index (χ3n) is 2.46. The Labute approximate surface area is 84.5 Å². The van der Waals surface area contributed by atoms with Crippen LogP contribution in [0.2, 0.25) is 0 Å². The highest BCUT2D eigenvalue weighted by atomic mass is 19.4. The summed E-state index contributed by atoms with van der Waals surface area (Å²) in [5, 5.41) is 3.95. The highest BCUT2D eigenvalue weighted by Gasteiger charge is 2.35. The van der Waals surface area contributed by atoms with E-state index in [-0.39, 0.29) is 13.1 Å². The Hall–Kier alpha value is -1.24. The highest BCUT2D eigenvalue weighted by Crippen LogP contribution is 2.29. The van der Waals surface area contributed by atoms with Crippen LogP contribution in [0.15, 0.2) is 0 Å². The normalized spacial score (nSPS) is 17.1. The summed E-state index contributed by atoms with van der Waals surface area (Å²) in [6.45, 7) is -0.412. The summed E-state index contributed by atoms with van der Waals surface area (Å²) in [7, 11) is 1.69. The van der Waals surface area contributed by atoms with E-state index in [9.17, 15) is 13.2 Å². The zero-order valence-electron chi connectivity index (χ0n) is 8.17. The molecule has 0 spiro atoms. The minimum Gasteiger partial charge on any atom is -0.382 e. The molecule has 15 heavy (non-hydrogen) atoms. The fourth-order valence-electron chi connectivity index (χ4n) is 1.85. The third kappa shape index (κ3) is 1.92. The van der Waals surface area contributed by atoms with Gasteiger partial charge in [-0.25, -0.2) is 0 Å². The topological polar surface area (TPSA) is 47.1 Å². The number of alkyl halides is 3. The molecule has 0 unspecified atom stereocenters. The van der Waals surface area contributed by atoms with Gasteiger partial charge in [-0.3, -0.25) is 9.58 Å². The Balaban J connectivity index is 2.13. The van der Waals surface area contributed by atoms with E-state index in [1.807, 2.05) is 0 Å². The number of nitrogen functional groups attached to an aromatic ring is 1. The van der Waals surface area contributed by atoms with Crippen molar-refractivity contribution in [2.24, 2.45) is 7.05 Å². The average molecular weight is 220 g/mol. The van der Waals surface area contributed by atoms with Gasteiger partial charge in [-0.2, -0.15) is 18.3 Å². The molecule has 2 rings (SSSR count). The lowest BCUT2D eigenvalue weighted by atomic mass is 10.3. The van der Waals surface area contributed by atoms with Gasteiger partial charge in [-0.15, -0.1) is 0 Å². The second-order valence-electron chi connectivity index (χ2n) is 3.69. The van der Waals surface area contributed by atoms with Crippen molar-refractivity contribution in [2.45, 2.75) is 19.3 Å². The van der Waals surface area contributed by atoms with E-state index in [4.69, 9.17) is 5.73 Å². The zero-order valence-corrected chi connectivity index (χ0v) is 8.17. The minimum atomic E-state index is -4.16. The van der Waals surface area contributed by atoms with Gasteiger partial charge in [0.25, 0.3) is 0 Å². The van der Waals surface area contributed by atoms with E-state index in [1.165, 1.54) is 4.90 Å².